The van der Waals surface area contributed by atoms with Gasteiger partial charge in [0.1, 0.15) is 5.82 Å². The lowest BCUT2D eigenvalue weighted by molar-refractivity contribution is 0.174. The van der Waals surface area contributed by atoms with Crippen molar-refractivity contribution in [1.29, 1.82) is 0 Å². The van der Waals surface area contributed by atoms with E-state index in [0.29, 0.717) is 22.9 Å². The molecule has 1 aromatic heterocycles. The number of hydrogen-bond donors (Lipinski definition) is 1. The summed E-state index contributed by atoms with van der Waals surface area (Å²) in [5.41, 5.74) is 1.48. The van der Waals surface area contributed by atoms with Gasteiger partial charge in [-0.1, -0.05) is 22.0 Å². The number of aromatic nitrogens is 1. The van der Waals surface area contributed by atoms with Crippen LogP contribution in [0.1, 0.15) is 16.3 Å². The molecular formula is C13H13BrFNOS. The van der Waals surface area contributed by atoms with Crippen molar-refractivity contribution in [3.8, 4) is 0 Å². The third-order valence-electron chi connectivity index (χ3n) is 2.55. The van der Waals surface area contributed by atoms with Gasteiger partial charge < -0.3 is 5.11 Å². The summed E-state index contributed by atoms with van der Waals surface area (Å²) in [6.45, 7) is 1.92. The highest BCUT2D eigenvalue weighted by atomic mass is 79.9. The third-order valence-corrected chi connectivity index (χ3v) is 4.03. The molecule has 0 bridgehead atoms. The SMILES string of the molecule is Cc1csc(CC(O)Cc2ccc(Br)cc2F)n1. The Morgan fingerprint density at radius 2 is 2.22 bits per heavy atom. The summed E-state index contributed by atoms with van der Waals surface area (Å²) in [4.78, 5) is 4.29. The first-order valence-corrected chi connectivity index (χ1v) is 7.25. The first-order chi connectivity index (χ1) is 8.54. The molecule has 0 amide bonds. The lowest BCUT2D eigenvalue weighted by Crippen LogP contribution is -2.14. The van der Waals surface area contributed by atoms with Gasteiger partial charge in [-0.15, -0.1) is 11.3 Å². The van der Waals surface area contributed by atoms with Crippen molar-refractivity contribution in [1.82, 2.24) is 4.98 Å². The summed E-state index contributed by atoms with van der Waals surface area (Å²) in [5.74, 6) is -0.293. The topological polar surface area (TPSA) is 33.1 Å². The van der Waals surface area contributed by atoms with Gasteiger partial charge in [0.15, 0.2) is 0 Å². The van der Waals surface area contributed by atoms with Crippen molar-refractivity contribution >= 4 is 27.3 Å². The van der Waals surface area contributed by atoms with Gasteiger partial charge >= 0.3 is 0 Å². The largest absolute Gasteiger partial charge is 0.392 e. The predicted octanol–water partition coefficient (Wildman–Crippen LogP) is 3.50. The van der Waals surface area contributed by atoms with E-state index < -0.39 is 6.10 Å². The molecule has 5 heteroatoms. The molecule has 0 saturated carbocycles. The standard InChI is InChI=1S/C13H13BrFNOS/c1-8-7-18-13(16-8)6-11(17)4-9-2-3-10(14)5-12(9)15/h2-3,5,7,11,17H,4,6H2,1H3. The van der Waals surface area contributed by atoms with Crippen LogP contribution in [0.2, 0.25) is 0 Å². The van der Waals surface area contributed by atoms with Gasteiger partial charge in [0.25, 0.3) is 0 Å². The fraction of sp³-hybridized carbons (Fsp3) is 0.308. The highest BCUT2D eigenvalue weighted by Crippen LogP contribution is 2.18. The van der Waals surface area contributed by atoms with Crippen LogP contribution >= 0.6 is 27.3 Å². The number of hydrogen-bond acceptors (Lipinski definition) is 3. The van der Waals surface area contributed by atoms with Gasteiger partial charge in [0.2, 0.25) is 0 Å². The predicted molar refractivity (Wildman–Crippen MR) is 74.4 cm³/mol. The van der Waals surface area contributed by atoms with E-state index in [2.05, 4.69) is 20.9 Å². The fourth-order valence-electron chi connectivity index (χ4n) is 1.71. The van der Waals surface area contributed by atoms with Crippen molar-refractivity contribution < 1.29 is 9.50 Å². The molecule has 0 fully saturated rings. The van der Waals surface area contributed by atoms with Gasteiger partial charge in [-0.05, 0) is 24.6 Å². The first-order valence-electron chi connectivity index (χ1n) is 5.57. The average Bonchev–Trinajstić information content (AvgIpc) is 2.68. The first kappa shape index (κ1) is 13.6. The minimum atomic E-state index is -0.605. The van der Waals surface area contributed by atoms with E-state index in [9.17, 15) is 9.50 Å². The molecular weight excluding hydrogens is 317 g/mol. The van der Waals surface area contributed by atoms with Gasteiger partial charge in [0.05, 0.1) is 11.1 Å². The highest BCUT2D eigenvalue weighted by Gasteiger charge is 2.12. The number of aliphatic hydroxyl groups excluding tert-OH is 1. The van der Waals surface area contributed by atoms with Crippen LogP contribution in [0, 0.1) is 12.7 Å². The molecule has 18 heavy (non-hydrogen) atoms. The highest BCUT2D eigenvalue weighted by molar-refractivity contribution is 9.10. The second-order valence-electron chi connectivity index (χ2n) is 4.18. The van der Waals surface area contributed by atoms with E-state index in [1.54, 1.807) is 12.1 Å². The van der Waals surface area contributed by atoms with Gasteiger partial charge in [-0.3, -0.25) is 0 Å². The number of benzene rings is 1. The summed E-state index contributed by atoms with van der Waals surface area (Å²) in [6.07, 6.45) is 0.164. The Morgan fingerprint density at radius 3 is 2.83 bits per heavy atom. The number of aryl methyl sites for hydroxylation is 1. The molecule has 0 saturated heterocycles. The Balaban J connectivity index is 2.00. The van der Waals surface area contributed by atoms with Crippen LogP contribution in [0.5, 0.6) is 0 Å². The maximum absolute atomic E-state index is 13.6. The number of aliphatic hydroxyl groups is 1. The van der Waals surface area contributed by atoms with Crippen molar-refractivity contribution in [3.63, 3.8) is 0 Å². The molecule has 1 heterocycles. The lowest BCUT2D eigenvalue weighted by atomic mass is 10.1. The molecule has 2 rings (SSSR count). The average molecular weight is 330 g/mol. The number of nitrogens with zero attached hydrogens (tertiary/aromatic N) is 1. The zero-order valence-electron chi connectivity index (χ0n) is 9.86. The molecule has 0 spiro atoms. The van der Waals surface area contributed by atoms with Crippen LogP contribution in [-0.4, -0.2) is 16.2 Å². The fourth-order valence-corrected chi connectivity index (χ4v) is 2.89. The van der Waals surface area contributed by atoms with E-state index in [0.717, 1.165) is 10.7 Å². The summed E-state index contributed by atoms with van der Waals surface area (Å²) in [5, 5.41) is 12.8. The van der Waals surface area contributed by atoms with Crippen LogP contribution in [0.25, 0.3) is 0 Å². The molecule has 0 aliphatic rings. The number of rotatable bonds is 4. The van der Waals surface area contributed by atoms with E-state index in [1.165, 1.54) is 17.4 Å². The van der Waals surface area contributed by atoms with Crippen LogP contribution in [-0.2, 0) is 12.8 Å². The summed E-state index contributed by atoms with van der Waals surface area (Å²) in [6, 6.07) is 4.88. The maximum Gasteiger partial charge on any atom is 0.127 e. The van der Waals surface area contributed by atoms with Crippen LogP contribution < -0.4 is 0 Å². The number of thiazole rings is 1. The number of halogens is 2. The van der Waals surface area contributed by atoms with Crippen LogP contribution in [0.3, 0.4) is 0 Å². The summed E-state index contributed by atoms with van der Waals surface area (Å²) in [7, 11) is 0. The van der Waals surface area contributed by atoms with Gasteiger partial charge in [0, 0.05) is 28.4 Å². The Morgan fingerprint density at radius 1 is 1.44 bits per heavy atom. The lowest BCUT2D eigenvalue weighted by Gasteiger charge is -2.09. The van der Waals surface area contributed by atoms with Crippen molar-refractivity contribution in [2.24, 2.45) is 0 Å². The molecule has 1 atom stereocenters. The third kappa shape index (κ3) is 3.60. The Labute approximate surface area is 118 Å². The second kappa shape index (κ2) is 5.91. The van der Waals surface area contributed by atoms with Crippen molar-refractivity contribution in [2.45, 2.75) is 25.9 Å². The quantitative estimate of drug-likeness (QED) is 0.931. The maximum atomic E-state index is 13.6. The molecule has 1 aromatic carbocycles. The van der Waals surface area contributed by atoms with Crippen LogP contribution in [0.15, 0.2) is 28.1 Å². The van der Waals surface area contributed by atoms with Gasteiger partial charge in [-0.25, -0.2) is 9.37 Å². The summed E-state index contributed by atoms with van der Waals surface area (Å²) >= 11 is 4.73. The minimum absolute atomic E-state index is 0.293. The van der Waals surface area contributed by atoms with E-state index >= 15 is 0 Å². The molecule has 2 aromatic rings. The van der Waals surface area contributed by atoms with Gasteiger partial charge in [-0.2, -0.15) is 0 Å². The normalized spacial score (nSPS) is 12.7. The minimum Gasteiger partial charge on any atom is -0.392 e. The van der Waals surface area contributed by atoms with E-state index in [4.69, 9.17) is 0 Å². The van der Waals surface area contributed by atoms with Crippen LogP contribution in [0.4, 0.5) is 4.39 Å². The molecule has 0 aliphatic heterocycles. The molecule has 1 N–H and O–H groups in total. The summed E-state index contributed by atoms with van der Waals surface area (Å²) < 4.78 is 14.3. The smallest absolute Gasteiger partial charge is 0.127 e. The zero-order valence-corrected chi connectivity index (χ0v) is 12.3. The second-order valence-corrected chi connectivity index (χ2v) is 6.04. The molecule has 96 valence electrons. The molecule has 0 aliphatic carbocycles. The van der Waals surface area contributed by atoms with E-state index in [-0.39, 0.29) is 5.82 Å². The Bertz CT molecular complexity index is 544. The zero-order chi connectivity index (χ0) is 13.1. The van der Waals surface area contributed by atoms with Crippen molar-refractivity contribution in [2.75, 3.05) is 0 Å². The Hall–Kier alpha value is -0.780. The van der Waals surface area contributed by atoms with E-state index in [1.807, 2.05) is 12.3 Å². The Kier molecular flexibility index (Phi) is 4.48. The van der Waals surface area contributed by atoms with Crippen molar-refractivity contribution in [3.05, 3.63) is 50.1 Å². The molecule has 0 radical (unpaired) electrons. The molecule has 2 nitrogen and oxygen atoms in total. The monoisotopic (exact) mass is 329 g/mol. The molecule has 1 unspecified atom stereocenters.